The third-order valence-corrected chi connectivity index (χ3v) is 32.7. The predicted octanol–water partition coefficient (Wildman–Crippen LogP) is 34.7. The molecule has 149 heavy (non-hydrogen) atoms. The second kappa shape index (κ2) is 29.3. The Labute approximate surface area is 845 Å². The fourth-order valence-electron chi connectivity index (χ4n) is 26.9. The normalized spacial score (nSPS) is 12.6. The maximum absolute atomic E-state index is 5.70. The molecule has 13 heterocycles. The van der Waals surface area contributed by atoms with Gasteiger partial charge in [0, 0.05) is 141 Å². The number of hydrogen-bond acceptors (Lipinski definition) is 6. The summed E-state index contributed by atoms with van der Waals surface area (Å²) in [5.41, 5.74) is 27.3. The minimum absolute atomic E-state index is 0.647. The first-order valence-electron chi connectivity index (χ1n) is 51.0. The summed E-state index contributed by atoms with van der Waals surface area (Å²) in [6, 6.07) is 162. The molecule has 36 aromatic rings. The van der Waals surface area contributed by atoms with Crippen molar-refractivity contribution < 1.29 is 0 Å². The highest BCUT2D eigenvalue weighted by Crippen LogP contribution is 2.56. The van der Waals surface area contributed by atoms with Crippen LogP contribution in [0, 0.1) is 0 Å². The fraction of sp³-hybridized carbons (Fsp3) is 0. The van der Waals surface area contributed by atoms with Crippen molar-refractivity contribution in [1.29, 1.82) is 0 Å². The van der Waals surface area contributed by atoms with E-state index in [1.54, 1.807) is 0 Å². The summed E-state index contributed by atoms with van der Waals surface area (Å²) in [5, 5.41) is 39.4. The van der Waals surface area contributed by atoms with E-state index < -0.39 is 0 Å². The SMILES string of the molecule is c1cc2c3c(cccc3c1)-c1nc(-n3c4ccc5ccccc5c4c4c5c6ccccc6n6c7ccccc7c(cc43)c56)cnc1-2.c1ccc(-c2nc(-n3c4ccc5ccccc5c4c4c5c6ccccc6n6c7ccccc7c(cc43)c56)c3ccccc3n2)cc1.c1ccc2c(c1)ccc1c2c2ccccc2n1-c1nc(-n2c3ccc4ccccc4c3c3c4c5ccccc5n5c6ccccc6c(cc32)c45)c2ccccc2n1. The summed E-state index contributed by atoms with van der Waals surface area (Å²) < 4.78 is 16.9. The third-order valence-electron chi connectivity index (χ3n) is 32.7. The lowest BCUT2D eigenvalue weighted by Crippen LogP contribution is -2.07. The van der Waals surface area contributed by atoms with Crippen LogP contribution in [0.25, 0.3) is 334 Å². The Morgan fingerprint density at radius 1 is 0.168 bits per heavy atom. The van der Waals surface area contributed by atoms with E-state index in [1.165, 1.54) is 211 Å². The lowest BCUT2D eigenvalue weighted by Gasteiger charge is -2.14. The maximum Gasteiger partial charge on any atom is 0.237 e. The topological polar surface area (TPSA) is 110 Å². The molecule has 0 spiro atoms. The van der Waals surface area contributed by atoms with Crippen molar-refractivity contribution in [2.45, 2.75) is 0 Å². The molecule has 0 radical (unpaired) electrons. The smallest absolute Gasteiger partial charge is 0.237 e. The largest absolute Gasteiger partial charge is 0.308 e. The number of fused-ring (bicyclic) bond motifs is 46. The lowest BCUT2D eigenvalue weighted by molar-refractivity contribution is 0.973. The number of para-hydroxylation sites is 9. The van der Waals surface area contributed by atoms with Crippen LogP contribution in [0.1, 0.15) is 0 Å². The Balaban J connectivity index is 0.0000000944. The number of aromatic nitrogens is 13. The fourth-order valence-corrected chi connectivity index (χ4v) is 26.9. The van der Waals surface area contributed by atoms with Crippen LogP contribution in [0.15, 0.2) is 455 Å². The van der Waals surface area contributed by atoms with Gasteiger partial charge in [0.2, 0.25) is 5.95 Å². The summed E-state index contributed by atoms with van der Waals surface area (Å²) in [6.45, 7) is 0. The summed E-state index contributed by atoms with van der Waals surface area (Å²) in [7, 11) is 0. The van der Waals surface area contributed by atoms with Gasteiger partial charge in [-0.15, -0.1) is 0 Å². The van der Waals surface area contributed by atoms with Crippen molar-refractivity contribution in [1.82, 2.24) is 61.4 Å². The van der Waals surface area contributed by atoms with Gasteiger partial charge in [0.05, 0.1) is 122 Å². The standard InChI is InChI=1S/C52H29N5.C42H22N4.C42H24N4/c1-3-15-32-30(13-1)25-27-43-46(32)36-19-7-12-24-42(36)57(43)52-53-39-21-9-5-18-35(39)51(54-52)56-44-28-26-31-14-2-4-16-33(31)47(44)49-45(56)29-38-34-17-6-10-22-40(34)55-41-23-11-8-20-37(41)48(49)50(38)55;1-2-12-25-23(9-1)19-20-33-37(25)39-34(21-30-26-13-3-5-17-31(26)46-32-18-6-4-14-27(32)38(39)42(30)46)45(33)35-22-43-40-28-15-7-10-24-11-8-16-29(36(24)28)41(40)44-35;1-2-13-26(14-3-1)41-43-32-19-9-6-17-29(32)42(44-41)46-35-23-22-25-12-4-5-15-27(25)37(35)39-36(46)24-31-28-16-7-10-20-33(28)45-34-21-11-8-18-30(34)38(39)40(31)45/h1-29H;1-22H;1-24H. The second-order valence-corrected chi connectivity index (χ2v) is 40.1. The van der Waals surface area contributed by atoms with Crippen LogP contribution in [0.3, 0.4) is 0 Å². The van der Waals surface area contributed by atoms with E-state index in [4.69, 9.17) is 29.9 Å². The van der Waals surface area contributed by atoms with Crippen LogP contribution in [0.5, 0.6) is 0 Å². The van der Waals surface area contributed by atoms with Gasteiger partial charge in [0.1, 0.15) is 5.82 Å². The van der Waals surface area contributed by atoms with Gasteiger partial charge in [-0.05, 0) is 158 Å². The van der Waals surface area contributed by atoms with Crippen molar-refractivity contribution in [2.24, 2.45) is 0 Å². The van der Waals surface area contributed by atoms with E-state index in [9.17, 15) is 0 Å². The van der Waals surface area contributed by atoms with Gasteiger partial charge >= 0.3 is 0 Å². The highest BCUT2D eigenvalue weighted by Gasteiger charge is 2.34. The van der Waals surface area contributed by atoms with Crippen molar-refractivity contribution in [2.75, 3.05) is 0 Å². The van der Waals surface area contributed by atoms with Crippen molar-refractivity contribution in [3.63, 3.8) is 0 Å². The molecule has 0 saturated carbocycles. The van der Waals surface area contributed by atoms with E-state index in [-0.39, 0.29) is 0 Å². The van der Waals surface area contributed by atoms with Gasteiger partial charge in [-0.1, -0.05) is 340 Å². The van der Waals surface area contributed by atoms with Gasteiger partial charge in [0.15, 0.2) is 17.5 Å². The van der Waals surface area contributed by atoms with E-state index in [0.717, 1.165) is 117 Å². The summed E-state index contributed by atoms with van der Waals surface area (Å²) in [5.74, 6) is 3.95. The average molecular weight is 1890 g/mol. The van der Waals surface area contributed by atoms with Gasteiger partial charge in [-0.2, -0.15) is 4.98 Å². The minimum Gasteiger partial charge on any atom is -0.308 e. The zero-order chi connectivity index (χ0) is 96.5. The van der Waals surface area contributed by atoms with Crippen molar-refractivity contribution in [3.05, 3.63) is 455 Å². The summed E-state index contributed by atoms with van der Waals surface area (Å²) >= 11 is 0. The molecule has 37 rings (SSSR count). The van der Waals surface area contributed by atoms with Crippen LogP contribution in [0.4, 0.5) is 0 Å². The average Bonchev–Trinajstić information content (AvgIpc) is 1.51. The molecule has 684 valence electrons. The minimum atomic E-state index is 0.647. The molecule has 13 aromatic heterocycles. The van der Waals surface area contributed by atoms with Gasteiger partial charge in [0.25, 0.3) is 0 Å². The first-order valence-corrected chi connectivity index (χ1v) is 51.0. The van der Waals surface area contributed by atoms with Crippen LogP contribution in [-0.4, -0.2) is 61.4 Å². The predicted molar refractivity (Wildman–Crippen MR) is 620 cm³/mol. The van der Waals surface area contributed by atoms with Crippen molar-refractivity contribution >= 4 is 277 Å². The molecular weight excluding hydrogens is 1820 g/mol. The maximum atomic E-state index is 5.70. The Hall–Kier alpha value is -20.3. The molecule has 0 saturated heterocycles. The van der Waals surface area contributed by atoms with Crippen LogP contribution in [-0.2, 0) is 0 Å². The number of nitrogens with zero attached hydrogens (tertiary/aromatic N) is 13. The third kappa shape index (κ3) is 10.4. The molecule has 13 heteroatoms. The molecule has 0 fully saturated rings. The molecule has 0 unspecified atom stereocenters. The van der Waals surface area contributed by atoms with E-state index in [0.29, 0.717) is 5.95 Å². The van der Waals surface area contributed by atoms with E-state index >= 15 is 0 Å². The van der Waals surface area contributed by atoms with Gasteiger partial charge in [-0.3, -0.25) is 23.3 Å². The molecule has 0 amide bonds. The zero-order valence-electron chi connectivity index (χ0n) is 79.6. The summed E-state index contributed by atoms with van der Waals surface area (Å²) in [6.07, 6.45) is 1.97. The molecule has 0 aliphatic heterocycles. The first kappa shape index (κ1) is 79.3. The van der Waals surface area contributed by atoms with Gasteiger partial charge < -0.3 is 13.2 Å². The highest BCUT2D eigenvalue weighted by molar-refractivity contribution is 6.43. The number of benzene rings is 23. The van der Waals surface area contributed by atoms with E-state index in [2.05, 4.69) is 462 Å². The molecule has 0 atom stereocenters. The number of hydrogen-bond donors (Lipinski definition) is 0. The Morgan fingerprint density at radius 3 is 0.946 bits per heavy atom. The van der Waals surface area contributed by atoms with Crippen LogP contribution >= 0.6 is 0 Å². The Kier molecular flexibility index (Phi) is 15.6. The summed E-state index contributed by atoms with van der Waals surface area (Å²) in [4.78, 5) is 32.1. The molecule has 0 N–H and O–H groups in total. The second-order valence-electron chi connectivity index (χ2n) is 40.1. The first-order chi connectivity index (χ1) is 74.0. The molecule has 1 aliphatic carbocycles. The molecule has 0 bridgehead atoms. The molecule has 23 aromatic carbocycles. The monoisotopic (exact) mass is 1890 g/mol. The molecule has 1 aliphatic rings. The Morgan fingerprint density at radius 2 is 0.497 bits per heavy atom. The van der Waals surface area contributed by atoms with Crippen LogP contribution < -0.4 is 0 Å². The highest BCUT2D eigenvalue weighted by atomic mass is 15.2. The van der Waals surface area contributed by atoms with E-state index in [1.807, 2.05) is 24.4 Å². The molecule has 13 nitrogen and oxygen atoms in total. The van der Waals surface area contributed by atoms with Gasteiger partial charge in [-0.25, -0.2) is 19.9 Å². The Bertz CT molecular complexity index is 12400. The van der Waals surface area contributed by atoms with Crippen molar-refractivity contribution in [3.8, 4) is 57.3 Å². The number of rotatable bonds is 5. The van der Waals surface area contributed by atoms with Crippen LogP contribution in [0.2, 0.25) is 0 Å². The molecular formula is C136H75N13. The lowest BCUT2D eigenvalue weighted by atomic mass is 9.99. The quantitative estimate of drug-likeness (QED) is 0.170. The zero-order valence-corrected chi connectivity index (χ0v) is 79.6.